The first-order chi connectivity index (χ1) is 16.3. The van der Waals surface area contributed by atoms with Gasteiger partial charge in [-0.3, -0.25) is 0 Å². The van der Waals surface area contributed by atoms with Crippen LogP contribution in [0.2, 0.25) is 0 Å². The lowest BCUT2D eigenvalue weighted by atomic mass is 9.95. The largest absolute Gasteiger partial charge is 0.0654 e. The second-order valence-electron chi connectivity index (χ2n) is 11.5. The molecular formula is C33H68. The van der Waals surface area contributed by atoms with E-state index in [1.165, 1.54) is 186 Å². The van der Waals surface area contributed by atoms with Crippen molar-refractivity contribution in [3.63, 3.8) is 0 Å². The molecular weight excluding hydrogens is 396 g/mol. The summed E-state index contributed by atoms with van der Waals surface area (Å²) in [6.07, 6.45) is 42.7. The van der Waals surface area contributed by atoms with E-state index in [4.69, 9.17) is 0 Å². The molecule has 1 unspecified atom stereocenters. The zero-order chi connectivity index (χ0) is 24.1. The van der Waals surface area contributed by atoms with Crippen molar-refractivity contribution < 1.29 is 0 Å². The van der Waals surface area contributed by atoms with Crippen molar-refractivity contribution in [2.45, 2.75) is 207 Å². The Labute approximate surface area is 212 Å². The monoisotopic (exact) mass is 465 g/mol. The summed E-state index contributed by atoms with van der Waals surface area (Å²) in [5.41, 5.74) is 0. The van der Waals surface area contributed by atoms with Crippen LogP contribution in [0, 0.1) is 5.92 Å². The van der Waals surface area contributed by atoms with E-state index in [9.17, 15) is 0 Å². The summed E-state index contributed by atoms with van der Waals surface area (Å²) in [5, 5.41) is 0. The molecule has 0 saturated carbocycles. The molecule has 33 heavy (non-hydrogen) atoms. The normalized spacial score (nSPS) is 12.5. The molecule has 0 aliphatic carbocycles. The maximum atomic E-state index is 2.50. The van der Waals surface area contributed by atoms with E-state index in [0.717, 1.165) is 5.92 Å². The molecule has 0 aromatic rings. The van der Waals surface area contributed by atoms with Gasteiger partial charge in [-0.05, 0) is 5.92 Å². The van der Waals surface area contributed by atoms with Gasteiger partial charge < -0.3 is 0 Å². The minimum Gasteiger partial charge on any atom is -0.0654 e. The van der Waals surface area contributed by atoms with Gasteiger partial charge in [-0.1, -0.05) is 207 Å². The van der Waals surface area contributed by atoms with Gasteiger partial charge >= 0.3 is 0 Å². The van der Waals surface area contributed by atoms with Crippen molar-refractivity contribution in [2.75, 3.05) is 0 Å². The average Bonchev–Trinajstić information content (AvgIpc) is 2.82. The van der Waals surface area contributed by atoms with E-state index in [-0.39, 0.29) is 0 Å². The van der Waals surface area contributed by atoms with E-state index in [1.807, 2.05) is 0 Å². The van der Waals surface area contributed by atoms with Gasteiger partial charge in [0.2, 0.25) is 0 Å². The van der Waals surface area contributed by atoms with Crippen molar-refractivity contribution in [1.82, 2.24) is 0 Å². The lowest BCUT2D eigenvalue weighted by molar-refractivity contribution is 0.429. The fourth-order valence-electron chi connectivity index (χ4n) is 5.34. The zero-order valence-electron chi connectivity index (χ0n) is 24.1. The molecule has 200 valence electrons. The van der Waals surface area contributed by atoms with Gasteiger partial charge in [0, 0.05) is 0 Å². The topological polar surface area (TPSA) is 0 Å². The maximum Gasteiger partial charge on any atom is -0.0443 e. The van der Waals surface area contributed by atoms with E-state index in [1.54, 1.807) is 0 Å². The van der Waals surface area contributed by atoms with Crippen LogP contribution in [0.15, 0.2) is 0 Å². The number of hydrogen-bond donors (Lipinski definition) is 0. The molecule has 0 nitrogen and oxygen atoms in total. The first kappa shape index (κ1) is 33.0. The van der Waals surface area contributed by atoms with E-state index >= 15 is 0 Å². The molecule has 0 amide bonds. The quantitative estimate of drug-likeness (QED) is 0.0965. The van der Waals surface area contributed by atoms with Gasteiger partial charge in [-0.2, -0.15) is 0 Å². The first-order valence-corrected chi connectivity index (χ1v) is 16.3. The van der Waals surface area contributed by atoms with Crippen LogP contribution in [0.25, 0.3) is 0 Å². The van der Waals surface area contributed by atoms with E-state index in [2.05, 4.69) is 20.8 Å². The molecule has 0 aliphatic heterocycles. The van der Waals surface area contributed by atoms with Crippen LogP contribution in [-0.4, -0.2) is 0 Å². The third-order valence-corrected chi connectivity index (χ3v) is 7.85. The van der Waals surface area contributed by atoms with Crippen LogP contribution in [-0.2, 0) is 0 Å². The molecule has 0 fully saturated rings. The van der Waals surface area contributed by atoms with Gasteiger partial charge in [-0.15, -0.1) is 0 Å². The Morgan fingerprint density at radius 3 is 0.667 bits per heavy atom. The van der Waals surface area contributed by atoms with Gasteiger partial charge in [0.1, 0.15) is 0 Å². The highest BCUT2D eigenvalue weighted by atomic mass is 14.1. The Hall–Kier alpha value is 0. The van der Waals surface area contributed by atoms with Gasteiger partial charge in [0.25, 0.3) is 0 Å². The van der Waals surface area contributed by atoms with Crippen molar-refractivity contribution in [1.29, 1.82) is 0 Å². The highest BCUT2D eigenvalue weighted by Crippen LogP contribution is 2.19. The standard InChI is InChI=1S/C33H68/c1-4-6-8-10-12-14-16-17-18-19-20-22-24-26-28-30-32-33(3)31-29-27-25-23-21-15-13-11-9-7-5-2/h33H,4-32H2,1-3H3. The second kappa shape index (κ2) is 30.0. The zero-order valence-corrected chi connectivity index (χ0v) is 24.1. The number of hydrogen-bond acceptors (Lipinski definition) is 0. The summed E-state index contributed by atoms with van der Waals surface area (Å²) in [6.45, 7) is 7.12. The van der Waals surface area contributed by atoms with Gasteiger partial charge in [-0.25, -0.2) is 0 Å². The molecule has 0 bridgehead atoms. The summed E-state index contributed by atoms with van der Waals surface area (Å²) < 4.78 is 0. The molecule has 1 atom stereocenters. The summed E-state index contributed by atoms with van der Waals surface area (Å²) in [4.78, 5) is 0. The van der Waals surface area contributed by atoms with Gasteiger partial charge in [0.05, 0.1) is 0 Å². The Balaban J connectivity index is 3.12. The third kappa shape index (κ3) is 30.0. The molecule has 0 heterocycles. The van der Waals surface area contributed by atoms with Crippen LogP contribution in [0.5, 0.6) is 0 Å². The highest BCUT2D eigenvalue weighted by molar-refractivity contribution is 4.56. The van der Waals surface area contributed by atoms with Crippen molar-refractivity contribution in [3.8, 4) is 0 Å². The predicted octanol–water partition coefficient (Wildman–Crippen LogP) is 13.0. The second-order valence-corrected chi connectivity index (χ2v) is 11.5. The van der Waals surface area contributed by atoms with Crippen LogP contribution in [0.1, 0.15) is 207 Å². The van der Waals surface area contributed by atoms with Crippen LogP contribution >= 0.6 is 0 Å². The fraction of sp³-hybridized carbons (Fsp3) is 1.00. The Bertz CT molecular complexity index is 320. The number of unbranched alkanes of at least 4 members (excludes halogenated alkanes) is 25. The third-order valence-electron chi connectivity index (χ3n) is 7.85. The molecule has 0 N–H and O–H groups in total. The van der Waals surface area contributed by atoms with E-state index < -0.39 is 0 Å². The minimum absolute atomic E-state index is 0.968. The summed E-state index contributed by atoms with van der Waals surface area (Å²) >= 11 is 0. The minimum atomic E-state index is 0.968. The Morgan fingerprint density at radius 1 is 0.273 bits per heavy atom. The Kier molecular flexibility index (Phi) is 30.0. The SMILES string of the molecule is CCCCCCCCCCCCCCCCCCC(C)CCCCCCCCCCCCC. The summed E-state index contributed by atoms with van der Waals surface area (Å²) in [7, 11) is 0. The Morgan fingerprint density at radius 2 is 0.455 bits per heavy atom. The lowest BCUT2D eigenvalue weighted by Gasteiger charge is -2.11. The van der Waals surface area contributed by atoms with Crippen LogP contribution in [0.3, 0.4) is 0 Å². The maximum absolute atomic E-state index is 2.50. The van der Waals surface area contributed by atoms with Crippen molar-refractivity contribution in [2.24, 2.45) is 5.92 Å². The molecule has 0 saturated heterocycles. The summed E-state index contributed by atoms with van der Waals surface area (Å²) in [5.74, 6) is 0.968. The lowest BCUT2D eigenvalue weighted by Crippen LogP contribution is -1.95. The molecule has 0 radical (unpaired) electrons. The van der Waals surface area contributed by atoms with E-state index in [0.29, 0.717) is 0 Å². The molecule has 0 aromatic carbocycles. The van der Waals surface area contributed by atoms with Crippen molar-refractivity contribution in [3.05, 3.63) is 0 Å². The fourth-order valence-corrected chi connectivity index (χ4v) is 5.34. The van der Waals surface area contributed by atoms with Crippen LogP contribution < -0.4 is 0 Å². The highest BCUT2D eigenvalue weighted by Gasteiger charge is 2.02. The molecule has 0 heteroatoms. The number of rotatable bonds is 29. The smallest absolute Gasteiger partial charge is 0.0443 e. The molecule has 0 aliphatic rings. The molecule has 0 spiro atoms. The molecule has 0 rings (SSSR count). The van der Waals surface area contributed by atoms with Crippen LogP contribution in [0.4, 0.5) is 0 Å². The predicted molar refractivity (Wildman–Crippen MR) is 154 cm³/mol. The van der Waals surface area contributed by atoms with Crippen molar-refractivity contribution >= 4 is 0 Å². The summed E-state index contributed by atoms with van der Waals surface area (Å²) in [6, 6.07) is 0. The average molecular weight is 465 g/mol. The first-order valence-electron chi connectivity index (χ1n) is 16.3. The van der Waals surface area contributed by atoms with Gasteiger partial charge in [0.15, 0.2) is 0 Å². The molecule has 0 aromatic heterocycles.